The molecule has 35 heavy (non-hydrogen) atoms. The first-order valence-electron chi connectivity index (χ1n) is 12.0. The highest BCUT2D eigenvalue weighted by atomic mass is 16.7. The monoisotopic (exact) mass is 477 g/mol. The van der Waals surface area contributed by atoms with E-state index >= 15 is 0 Å². The fourth-order valence-corrected chi connectivity index (χ4v) is 4.65. The molecule has 8 heteroatoms. The number of carbonyl (C=O) groups is 2. The summed E-state index contributed by atoms with van der Waals surface area (Å²) in [5, 5.41) is 13.2. The van der Waals surface area contributed by atoms with Crippen molar-refractivity contribution in [3.8, 4) is 0 Å². The predicted octanol–water partition coefficient (Wildman–Crippen LogP) is 5.20. The number of aromatic carboxylic acids is 1. The number of benzene rings is 2. The molecule has 2 aromatic carbocycles. The van der Waals surface area contributed by atoms with Crippen LogP contribution in [0.5, 0.6) is 0 Å². The van der Waals surface area contributed by atoms with Gasteiger partial charge in [0.05, 0.1) is 17.2 Å². The molecule has 1 aromatic heterocycles. The van der Waals surface area contributed by atoms with Crippen LogP contribution in [0, 0.1) is 0 Å². The zero-order valence-corrected chi connectivity index (χ0v) is 20.2. The van der Waals surface area contributed by atoms with Crippen LogP contribution in [0.3, 0.4) is 0 Å². The van der Waals surface area contributed by atoms with Crippen LogP contribution in [-0.4, -0.2) is 39.6 Å². The standard InChI is InChI=1S/C27H31N3O5/c1-4-15-30-16-14-28-25(30)22-23(17-10-12-18(13-11-17)27(34-5-2)35-6-3)29-20-9-7-8-19(26(32)33)21(20)24(22)31/h7-14,16,22-23,27,29H,4-6,15H2,1-3H3,(H,32,33). The zero-order valence-electron chi connectivity index (χ0n) is 20.2. The minimum Gasteiger partial charge on any atom is -0.478 e. The maximum Gasteiger partial charge on any atom is 0.336 e. The number of hydrogen-bond acceptors (Lipinski definition) is 6. The highest BCUT2D eigenvalue weighted by Gasteiger charge is 2.41. The van der Waals surface area contributed by atoms with Gasteiger partial charge in [-0.3, -0.25) is 4.79 Å². The van der Waals surface area contributed by atoms with Gasteiger partial charge in [0.1, 0.15) is 11.7 Å². The van der Waals surface area contributed by atoms with Gasteiger partial charge in [0.2, 0.25) is 0 Å². The molecule has 0 spiro atoms. The van der Waals surface area contributed by atoms with Crippen LogP contribution in [0.25, 0.3) is 0 Å². The summed E-state index contributed by atoms with van der Waals surface area (Å²) < 4.78 is 13.4. The Labute approximate surface area is 204 Å². The number of carboxylic acid groups (broad SMARTS) is 1. The van der Waals surface area contributed by atoms with Crippen molar-refractivity contribution in [1.29, 1.82) is 0 Å². The van der Waals surface area contributed by atoms with E-state index in [4.69, 9.17) is 9.47 Å². The molecule has 0 radical (unpaired) electrons. The van der Waals surface area contributed by atoms with Crippen molar-refractivity contribution in [3.63, 3.8) is 0 Å². The molecule has 0 saturated carbocycles. The Morgan fingerprint density at radius 1 is 1.11 bits per heavy atom. The molecule has 2 unspecified atom stereocenters. The molecule has 184 valence electrons. The summed E-state index contributed by atoms with van der Waals surface area (Å²) in [4.78, 5) is 30.4. The molecule has 0 fully saturated rings. The van der Waals surface area contributed by atoms with Crippen LogP contribution in [0.15, 0.2) is 54.9 Å². The van der Waals surface area contributed by atoms with Gasteiger partial charge in [0, 0.05) is 43.4 Å². The second-order valence-corrected chi connectivity index (χ2v) is 8.39. The first kappa shape index (κ1) is 24.6. The lowest BCUT2D eigenvalue weighted by molar-refractivity contribution is -0.140. The fourth-order valence-electron chi connectivity index (χ4n) is 4.65. The number of ether oxygens (including phenoxy) is 2. The molecule has 0 bridgehead atoms. The normalized spacial score (nSPS) is 17.3. The number of ketones is 1. The van der Waals surface area contributed by atoms with Crippen LogP contribution in [-0.2, 0) is 16.0 Å². The van der Waals surface area contributed by atoms with Crippen LogP contribution in [0.4, 0.5) is 5.69 Å². The number of aromatic nitrogens is 2. The molecule has 8 nitrogen and oxygen atoms in total. The lowest BCUT2D eigenvalue weighted by Gasteiger charge is -2.34. The van der Waals surface area contributed by atoms with E-state index in [1.807, 2.05) is 48.9 Å². The van der Waals surface area contributed by atoms with E-state index in [9.17, 15) is 14.7 Å². The van der Waals surface area contributed by atoms with Gasteiger partial charge in [0.15, 0.2) is 12.1 Å². The van der Waals surface area contributed by atoms with Gasteiger partial charge in [-0.2, -0.15) is 0 Å². The molecule has 2 N–H and O–H groups in total. The van der Waals surface area contributed by atoms with Crippen molar-refractivity contribution in [1.82, 2.24) is 9.55 Å². The van der Waals surface area contributed by atoms with E-state index in [0.717, 1.165) is 17.5 Å². The van der Waals surface area contributed by atoms with Crippen molar-refractivity contribution < 1.29 is 24.2 Å². The summed E-state index contributed by atoms with van der Waals surface area (Å²) in [6.07, 6.45) is 3.97. The van der Waals surface area contributed by atoms with Crippen molar-refractivity contribution in [2.75, 3.05) is 18.5 Å². The number of rotatable bonds is 10. The summed E-state index contributed by atoms with van der Waals surface area (Å²) in [7, 11) is 0. The van der Waals surface area contributed by atoms with Gasteiger partial charge >= 0.3 is 5.97 Å². The van der Waals surface area contributed by atoms with Crippen LogP contribution >= 0.6 is 0 Å². The molecule has 1 aliphatic rings. The average molecular weight is 478 g/mol. The number of hydrogen-bond donors (Lipinski definition) is 2. The van der Waals surface area contributed by atoms with Gasteiger partial charge in [-0.25, -0.2) is 9.78 Å². The number of nitrogens with zero attached hydrogens (tertiary/aromatic N) is 2. The third-order valence-electron chi connectivity index (χ3n) is 6.16. The maximum atomic E-state index is 13.9. The Morgan fingerprint density at radius 3 is 2.46 bits per heavy atom. The van der Waals surface area contributed by atoms with E-state index in [1.54, 1.807) is 18.3 Å². The quantitative estimate of drug-likeness (QED) is 0.387. The summed E-state index contributed by atoms with van der Waals surface area (Å²) in [5.74, 6) is -1.46. The third-order valence-corrected chi connectivity index (χ3v) is 6.16. The second kappa shape index (κ2) is 10.8. The molecule has 2 atom stereocenters. The van der Waals surface area contributed by atoms with E-state index in [1.165, 1.54) is 6.07 Å². The number of fused-ring (bicyclic) bond motifs is 1. The van der Waals surface area contributed by atoms with Crippen molar-refractivity contribution in [2.24, 2.45) is 0 Å². The van der Waals surface area contributed by atoms with Gasteiger partial charge < -0.3 is 24.5 Å². The zero-order chi connectivity index (χ0) is 24.9. The summed E-state index contributed by atoms with van der Waals surface area (Å²) >= 11 is 0. The molecule has 0 aliphatic carbocycles. The Kier molecular flexibility index (Phi) is 7.63. The Morgan fingerprint density at radius 2 is 1.83 bits per heavy atom. The largest absolute Gasteiger partial charge is 0.478 e. The number of anilines is 1. The lowest BCUT2D eigenvalue weighted by Crippen LogP contribution is -2.35. The first-order valence-corrected chi connectivity index (χ1v) is 12.0. The smallest absolute Gasteiger partial charge is 0.336 e. The predicted molar refractivity (Wildman–Crippen MR) is 132 cm³/mol. The van der Waals surface area contributed by atoms with Crippen molar-refractivity contribution in [2.45, 2.75) is 52.0 Å². The Hall–Kier alpha value is -3.49. The lowest BCUT2D eigenvalue weighted by atomic mass is 9.80. The highest BCUT2D eigenvalue weighted by molar-refractivity contribution is 6.14. The van der Waals surface area contributed by atoms with Gasteiger partial charge in [-0.15, -0.1) is 0 Å². The molecular weight excluding hydrogens is 446 g/mol. The number of nitrogens with one attached hydrogen (secondary N) is 1. The maximum absolute atomic E-state index is 13.9. The van der Waals surface area contributed by atoms with Crippen molar-refractivity contribution >= 4 is 17.4 Å². The Bertz CT molecular complexity index is 1180. The van der Waals surface area contributed by atoms with E-state index in [2.05, 4.69) is 17.2 Å². The van der Waals surface area contributed by atoms with Gasteiger partial charge in [-0.05, 0) is 38.0 Å². The molecule has 2 heterocycles. The number of aryl methyl sites for hydroxylation is 1. The van der Waals surface area contributed by atoms with Gasteiger partial charge in [-0.1, -0.05) is 37.3 Å². The molecular formula is C27H31N3O5. The fraction of sp³-hybridized carbons (Fsp3) is 0.370. The SMILES string of the molecule is CCCn1ccnc1C1C(=O)c2c(cccc2C(=O)O)NC1c1ccc(C(OCC)OCC)cc1. The van der Waals surface area contributed by atoms with Crippen LogP contribution in [0.1, 0.15) is 83.1 Å². The topological polar surface area (TPSA) is 103 Å². The molecule has 1 aliphatic heterocycles. The van der Waals surface area contributed by atoms with E-state index in [0.29, 0.717) is 31.3 Å². The van der Waals surface area contributed by atoms with Crippen LogP contribution in [0.2, 0.25) is 0 Å². The molecule has 0 amide bonds. The van der Waals surface area contributed by atoms with Crippen molar-refractivity contribution in [3.05, 3.63) is 82.9 Å². The van der Waals surface area contributed by atoms with Crippen LogP contribution < -0.4 is 5.32 Å². The van der Waals surface area contributed by atoms with E-state index in [-0.39, 0.29) is 16.9 Å². The minimum atomic E-state index is -1.13. The first-order chi connectivity index (χ1) is 17.0. The Balaban J connectivity index is 1.80. The summed E-state index contributed by atoms with van der Waals surface area (Å²) in [6.45, 7) is 7.66. The highest BCUT2D eigenvalue weighted by Crippen LogP contribution is 2.43. The molecule has 4 rings (SSSR count). The minimum absolute atomic E-state index is 0.0105. The number of Topliss-reactive ketones (excluding diaryl/α,β-unsaturated/α-hetero) is 1. The summed E-state index contributed by atoms with van der Waals surface area (Å²) in [5.41, 5.74) is 2.46. The molecule has 3 aromatic rings. The molecule has 0 saturated heterocycles. The number of imidazole rings is 1. The average Bonchev–Trinajstić information content (AvgIpc) is 3.31. The van der Waals surface area contributed by atoms with E-state index < -0.39 is 24.2 Å². The summed E-state index contributed by atoms with van der Waals surface area (Å²) in [6, 6.07) is 12.2. The second-order valence-electron chi connectivity index (χ2n) is 8.39. The third kappa shape index (κ3) is 4.85. The number of carbonyl (C=O) groups excluding carboxylic acids is 1. The van der Waals surface area contributed by atoms with Gasteiger partial charge in [0.25, 0.3) is 0 Å². The number of carboxylic acids is 1.